The van der Waals surface area contributed by atoms with Crippen molar-refractivity contribution in [3.05, 3.63) is 46.8 Å². The molecule has 0 saturated carbocycles. The number of hydrogen-bond donors (Lipinski definition) is 1. The average Bonchev–Trinajstić information content (AvgIpc) is 2.43. The topological polar surface area (TPSA) is 12.0 Å². The van der Waals surface area contributed by atoms with Gasteiger partial charge in [-0.1, -0.05) is 17.7 Å². The Morgan fingerprint density at radius 2 is 2.11 bits per heavy atom. The molecule has 0 fully saturated rings. The van der Waals surface area contributed by atoms with Gasteiger partial charge in [0.2, 0.25) is 0 Å². The Kier molecular flexibility index (Phi) is 5.15. The van der Waals surface area contributed by atoms with E-state index in [1.807, 2.05) is 13.1 Å². The fourth-order valence-corrected chi connectivity index (χ4v) is 2.81. The van der Waals surface area contributed by atoms with Crippen molar-refractivity contribution in [2.24, 2.45) is 0 Å². The number of nitrogens with one attached hydrogen (secondary N) is 1. The summed E-state index contributed by atoms with van der Waals surface area (Å²) < 4.78 is 13.3. The molecule has 104 valence electrons. The largest absolute Gasteiger partial charge is 0.316 e. The molecule has 19 heavy (non-hydrogen) atoms. The summed E-state index contributed by atoms with van der Waals surface area (Å²) in [6.07, 6.45) is 9.50. The van der Waals surface area contributed by atoms with Crippen LogP contribution in [0.5, 0.6) is 0 Å². The number of benzene rings is 1. The van der Waals surface area contributed by atoms with E-state index in [2.05, 4.69) is 18.3 Å². The molecule has 0 spiro atoms. The number of allylic oxidation sites excluding steroid dienone is 1. The van der Waals surface area contributed by atoms with Crippen LogP contribution in [0.2, 0.25) is 0 Å². The minimum atomic E-state index is -0.132. The molecular formula is C17H24FN. The molecule has 2 heteroatoms. The minimum Gasteiger partial charge on any atom is -0.316 e. The number of rotatable bonds is 5. The predicted octanol–water partition coefficient (Wildman–Crippen LogP) is 4.16. The van der Waals surface area contributed by atoms with Gasteiger partial charge >= 0.3 is 0 Å². The molecule has 0 aromatic heterocycles. The molecule has 0 aliphatic heterocycles. The quantitative estimate of drug-likeness (QED) is 0.785. The molecule has 1 nitrogen and oxygen atoms in total. The van der Waals surface area contributed by atoms with Gasteiger partial charge in [0.15, 0.2) is 0 Å². The molecule has 1 aromatic carbocycles. The van der Waals surface area contributed by atoms with Crippen LogP contribution in [0.15, 0.2) is 29.8 Å². The van der Waals surface area contributed by atoms with Crippen LogP contribution in [0.1, 0.15) is 43.2 Å². The number of aryl methyl sites for hydroxylation is 1. The lowest BCUT2D eigenvalue weighted by Gasteiger charge is -2.21. The van der Waals surface area contributed by atoms with E-state index in [4.69, 9.17) is 0 Å². The van der Waals surface area contributed by atoms with Gasteiger partial charge in [0, 0.05) is 6.04 Å². The molecule has 1 aliphatic carbocycles. The Morgan fingerprint density at radius 3 is 2.79 bits per heavy atom. The zero-order valence-corrected chi connectivity index (χ0v) is 12.0. The Labute approximate surface area is 115 Å². The third-order valence-electron chi connectivity index (χ3n) is 4.08. The van der Waals surface area contributed by atoms with E-state index in [-0.39, 0.29) is 5.82 Å². The zero-order valence-electron chi connectivity index (χ0n) is 12.0. The molecule has 1 aromatic rings. The van der Waals surface area contributed by atoms with Crippen LogP contribution in [-0.2, 0) is 6.42 Å². The van der Waals surface area contributed by atoms with Crippen LogP contribution in [0.25, 0.3) is 0 Å². The van der Waals surface area contributed by atoms with E-state index in [0.717, 1.165) is 18.4 Å². The SMILES string of the molecule is CNC(CC1=CCCCC1)Cc1cc(F)ccc1C. The first-order valence-electron chi connectivity index (χ1n) is 7.29. The van der Waals surface area contributed by atoms with Crippen molar-refractivity contribution in [2.75, 3.05) is 7.05 Å². The highest BCUT2D eigenvalue weighted by molar-refractivity contribution is 5.27. The second kappa shape index (κ2) is 6.85. The summed E-state index contributed by atoms with van der Waals surface area (Å²) in [7, 11) is 2.00. The highest BCUT2D eigenvalue weighted by Gasteiger charge is 2.13. The molecule has 1 atom stereocenters. The zero-order chi connectivity index (χ0) is 13.7. The second-order valence-corrected chi connectivity index (χ2v) is 5.57. The Bertz CT molecular complexity index is 451. The van der Waals surface area contributed by atoms with Gasteiger partial charge in [-0.05, 0) is 75.8 Å². The average molecular weight is 261 g/mol. The second-order valence-electron chi connectivity index (χ2n) is 5.57. The first kappa shape index (κ1) is 14.3. The lowest BCUT2D eigenvalue weighted by atomic mass is 9.91. The molecule has 0 bridgehead atoms. The van der Waals surface area contributed by atoms with Crippen LogP contribution in [-0.4, -0.2) is 13.1 Å². The number of likely N-dealkylation sites (N-methyl/N-ethyl adjacent to an activating group) is 1. The smallest absolute Gasteiger partial charge is 0.123 e. The minimum absolute atomic E-state index is 0.132. The first-order valence-corrected chi connectivity index (χ1v) is 7.29. The molecule has 2 rings (SSSR count). The van der Waals surface area contributed by atoms with E-state index in [1.54, 1.807) is 11.6 Å². The van der Waals surface area contributed by atoms with Gasteiger partial charge < -0.3 is 5.32 Å². The van der Waals surface area contributed by atoms with E-state index >= 15 is 0 Å². The van der Waals surface area contributed by atoms with Crippen molar-refractivity contribution in [3.8, 4) is 0 Å². The van der Waals surface area contributed by atoms with Crippen molar-refractivity contribution in [1.29, 1.82) is 0 Å². The summed E-state index contributed by atoms with van der Waals surface area (Å²) in [6.45, 7) is 2.06. The van der Waals surface area contributed by atoms with Crippen molar-refractivity contribution in [2.45, 2.75) is 51.5 Å². The van der Waals surface area contributed by atoms with Gasteiger partial charge in [-0.2, -0.15) is 0 Å². The molecule has 1 unspecified atom stereocenters. The standard InChI is InChI=1S/C17H24FN/c1-13-8-9-16(18)11-15(13)12-17(19-2)10-14-6-4-3-5-7-14/h6,8-9,11,17,19H,3-5,7,10,12H2,1-2H3. The molecular weight excluding hydrogens is 237 g/mol. The summed E-state index contributed by atoms with van der Waals surface area (Å²) in [5, 5.41) is 3.38. The van der Waals surface area contributed by atoms with Crippen molar-refractivity contribution >= 4 is 0 Å². The molecule has 0 saturated heterocycles. The van der Waals surface area contributed by atoms with Crippen LogP contribution in [0, 0.1) is 12.7 Å². The third kappa shape index (κ3) is 4.17. The fourth-order valence-electron chi connectivity index (χ4n) is 2.81. The van der Waals surface area contributed by atoms with E-state index < -0.39 is 0 Å². The van der Waals surface area contributed by atoms with Gasteiger partial charge in [0.25, 0.3) is 0 Å². The molecule has 0 radical (unpaired) electrons. The monoisotopic (exact) mass is 261 g/mol. The highest BCUT2D eigenvalue weighted by atomic mass is 19.1. The molecule has 0 heterocycles. The van der Waals surface area contributed by atoms with Crippen molar-refractivity contribution < 1.29 is 4.39 Å². The Balaban J connectivity index is 2.02. The number of hydrogen-bond acceptors (Lipinski definition) is 1. The van der Waals surface area contributed by atoms with Gasteiger partial charge in [-0.15, -0.1) is 0 Å². The maximum atomic E-state index is 13.3. The maximum Gasteiger partial charge on any atom is 0.123 e. The first-order chi connectivity index (χ1) is 9.19. The lowest BCUT2D eigenvalue weighted by molar-refractivity contribution is 0.529. The maximum absolute atomic E-state index is 13.3. The van der Waals surface area contributed by atoms with Crippen molar-refractivity contribution in [1.82, 2.24) is 5.32 Å². The lowest BCUT2D eigenvalue weighted by Crippen LogP contribution is -2.28. The van der Waals surface area contributed by atoms with Crippen LogP contribution >= 0.6 is 0 Å². The molecule has 1 N–H and O–H groups in total. The third-order valence-corrected chi connectivity index (χ3v) is 4.08. The predicted molar refractivity (Wildman–Crippen MR) is 78.9 cm³/mol. The van der Waals surface area contributed by atoms with Gasteiger partial charge in [0.1, 0.15) is 5.82 Å². The summed E-state index contributed by atoms with van der Waals surface area (Å²) in [4.78, 5) is 0. The molecule has 1 aliphatic rings. The summed E-state index contributed by atoms with van der Waals surface area (Å²) >= 11 is 0. The number of halogens is 1. The van der Waals surface area contributed by atoms with Gasteiger partial charge in [-0.3, -0.25) is 0 Å². The van der Waals surface area contributed by atoms with E-state index in [1.165, 1.54) is 37.3 Å². The van der Waals surface area contributed by atoms with E-state index in [0.29, 0.717) is 6.04 Å². The van der Waals surface area contributed by atoms with E-state index in [9.17, 15) is 4.39 Å². The van der Waals surface area contributed by atoms with Crippen LogP contribution in [0.4, 0.5) is 4.39 Å². The highest BCUT2D eigenvalue weighted by Crippen LogP contribution is 2.23. The van der Waals surface area contributed by atoms with Crippen LogP contribution in [0.3, 0.4) is 0 Å². The summed E-state index contributed by atoms with van der Waals surface area (Å²) in [6, 6.07) is 5.49. The summed E-state index contributed by atoms with van der Waals surface area (Å²) in [5.41, 5.74) is 3.87. The Morgan fingerprint density at radius 1 is 1.26 bits per heavy atom. The Hall–Kier alpha value is -1.15. The fraction of sp³-hybridized carbons (Fsp3) is 0.529. The van der Waals surface area contributed by atoms with Crippen LogP contribution < -0.4 is 5.32 Å². The van der Waals surface area contributed by atoms with Gasteiger partial charge in [0.05, 0.1) is 0 Å². The molecule has 0 amide bonds. The van der Waals surface area contributed by atoms with Gasteiger partial charge in [-0.25, -0.2) is 4.39 Å². The normalized spacial score (nSPS) is 17.1. The summed E-state index contributed by atoms with van der Waals surface area (Å²) in [5.74, 6) is -0.132. The van der Waals surface area contributed by atoms with Crippen molar-refractivity contribution in [3.63, 3.8) is 0 Å².